The SMILES string of the molecule is O=C(CCc1ccsc1)Nc1ccc(F)c(-c2ncn[nH]2)c1. The Balaban J connectivity index is 1.67. The molecule has 0 fully saturated rings. The molecule has 0 radical (unpaired) electrons. The van der Waals surface area contributed by atoms with Crippen LogP contribution in [0.4, 0.5) is 10.1 Å². The van der Waals surface area contributed by atoms with Crippen LogP contribution in [-0.2, 0) is 11.2 Å². The standard InChI is InChI=1S/C15H13FN4OS/c16-13-3-2-11(7-12(13)15-17-9-18-20-15)19-14(21)4-1-10-5-6-22-8-10/h2-3,5-9H,1,4H2,(H,19,21)(H,17,18,20). The van der Waals surface area contributed by atoms with Gasteiger partial charge in [0.15, 0.2) is 5.82 Å². The smallest absolute Gasteiger partial charge is 0.224 e. The van der Waals surface area contributed by atoms with Crippen molar-refractivity contribution in [1.82, 2.24) is 15.2 Å². The third kappa shape index (κ3) is 3.37. The zero-order chi connectivity index (χ0) is 15.4. The van der Waals surface area contributed by atoms with Crippen LogP contribution in [-0.4, -0.2) is 21.1 Å². The van der Waals surface area contributed by atoms with Crippen LogP contribution in [0.25, 0.3) is 11.4 Å². The summed E-state index contributed by atoms with van der Waals surface area (Å²) >= 11 is 1.61. The molecule has 3 aromatic rings. The lowest BCUT2D eigenvalue weighted by atomic mass is 10.1. The van der Waals surface area contributed by atoms with Gasteiger partial charge in [-0.05, 0) is 47.0 Å². The summed E-state index contributed by atoms with van der Waals surface area (Å²) < 4.78 is 13.8. The molecule has 1 amide bonds. The first-order chi connectivity index (χ1) is 10.7. The van der Waals surface area contributed by atoms with Crippen LogP contribution >= 0.6 is 11.3 Å². The van der Waals surface area contributed by atoms with E-state index in [1.165, 1.54) is 18.5 Å². The number of anilines is 1. The van der Waals surface area contributed by atoms with Crippen molar-refractivity contribution in [2.24, 2.45) is 0 Å². The molecule has 2 aromatic heterocycles. The summed E-state index contributed by atoms with van der Waals surface area (Å²) in [4.78, 5) is 15.9. The molecule has 1 aromatic carbocycles. The predicted octanol–water partition coefficient (Wildman–Crippen LogP) is 3.24. The molecule has 3 rings (SSSR count). The molecule has 7 heteroatoms. The van der Waals surface area contributed by atoms with E-state index in [1.807, 2.05) is 16.8 Å². The Morgan fingerprint density at radius 2 is 2.27 bits per heavy atom. The number of benzene rings is 1. The van der Waals surface area contributed by atoms with Crippen LogP contribution < -0.4 is 5.32 Å². The molecule has 0 saturated heterocycles. The lowest BCUT2D eigenvalue weighted by Crippen LogP contribution is -2.12. The van der Waals surface area contributed by atoms with E-state index < -0.39 is 5.82 Å². The minimum atomic E-state index is -0.423. The van der Waals surface area contributed by atoms with Gasteiger partial charge in [-0.15, -0.1) is 0 Å². The maximum Gasteiger partial charge on any atom is 0.224 e. The van der Waals surface area contributed by atoms with Crippen LogP contribution in [0.2, 0.25) is 0 Å². The summed E-state index contributed by atoms with van der Waals surface area (Å²) in [7, 11) is 0. The fraction of sp³-hybridized carbons (Fsp3) is 0.133. The van der Waals surface area contributed by atoms with Crippen LogP contribution in [0, 0.1) is 5.82 Å². The van der Waals surface area contributed by atoms with Gasteiger partial charge in [-0.2, -0.15) is 16.4 Å². The summed E-state index contributed by atoms with van der Waals surface area (Å²) in [6.45, 7) is 0. The van der Waals surface area contributed by atoms with E-state index in [9.17, 15) is 9.18 Å². The van der Waals surface area contributed by atoms with E-state index in [0.29, 0.717) is 24.4 Å². The highest BCUT2D eigenvalue weighted by Gasteiger charge is 2.10. The Bertz CT molecular complexity index is 756. The Labute approximate surface area is 130 Å². The maximum absolute atomic E-state index is 13.8. The van der Waals surface area contributed by atoms with Crippen molar-refractivity contribution in [2.45, 2.75) is 12.8 Å². The third-order valence-corrected chi connectivity index (χ3v) is 3.87. The quantitative estimate of drug-likeness (QED) is 0.759. The van der Waals surface area contributed by atoms with Crippen molar-refractivity contribution in [2.75, 3.05) is 5.32 Å². The van der Waals surface area contributed by atoms with Crippen molar-refractivity contribution in [3.8, 4) is 11.4 Å². The molecule has 2 heterocycles. The van der Waals surface area contributed by atoms with Crippen LogP contribution in [0.5, 0.6) is 0 Å². The number of aryl methyl sites for hydroxylation is 1. The number of hydrogen-bond donors (Lipinski definition) is 2. The number of halogens is 1. The first kappa shape index (κ1) is 14.4. The Morgan fingerprint density at radius 1 is 1.36 bits per heavy atom. The molecule has 0 spiro atoms. The number of H-pyrrole nitrogens is 1. The van der Waals surface area contributed by atoms with E-state index >= 15 is 0 Å². The average molecular weight is 316 g/mol. The number of hydrogen-bond acceptors (Lipinski definition) is 4. The van der Waals surface area contributed by atoms with E-state index in [1.54, 1.807) is 17.4 Å². The van der Waals surface area contributed by atoms with Gasteiger partial charge >= 0.3 is 0 Å². The summed E-state index contributed by atoms with van der Waals surface area (Å²) in [6.07, 6.45) is 2.37. The number of aromatic nitrogens is 3. The molecule has 0 aliphatic carbocycles. The largest absolute Gasteiger partial charge is 0.326 e. The zero-order valence-corrected chi connectivity index (χ0v) is 12.4. The van der Waals surface area contributed by atoms with E-state index in [-0.39, 0.29) is 11.5 Å². The van der Waals surface area contributed by atoms with Gasteiger partial charge in [-0.25, -0.2) is 9.37 Å². The van der Waals surface area contributed by atoms with E-state index in [0.717, 1.165) is 5.56 Å². The molecule has 0 aliphatic heterocycles. The molecule has 0 bridgehead atoms. The third-order valence-electron chi connectivity index (χ3n) is 3.14. The minimum Gasteiger partial charge on any atom is -0.326 e. The minimum absolute atomic E-state index is 0.110. The Morgan fingerprint density at radius 3 is 3.00 bits per heavy atom. The molecule has 22 heavy (non-hydrogen) atoms. The lowest BCUT2D eigenvalue weighted by Gasteiger charge is -2.07. The molecule has 0 aliphatic rings. The Hall–Kier alpha value is -2.54. The lowest BCUT2D eigenvalue weighted by molar-refractivity contribution is -0.116. The van der Waals surface area contributed by atoms with Gasteiger partial charge in [0.25, 0.3) is 0 Å². The normalized spacial score (nSPS) is 10.6. The van der Waals surface area contributed by atoms with E-state index in [2.05, 4.69) is 20.5 Å². The number of aromatic amines is 1. The Kier molecular flexibility index (Phi) is 4.24. The van der Waals surface area contributed by atoms with Gasteiger partial charge in [0, 0.05) is 12.1 Å². The van der Waals surface area contributed by atoms with Crippen LogP contribution in [0.15, 0.2) is 41.4 Å². The number of nitrogens with zero attached hydrogens (tertiary/aromatic N) is 2. The summed E-state index contributed by atoms with van der Waals surface area (Å²) in [6, 6.07) is 6.36. The van der Waals surface area contributed by atoms with Gasteiger partial charge in [0.05, 0.1) is 5.56 Å². The zero-order valence-electron chi connectivity index (χ0n) is 11.5. The molecule has 0 unspecified atom stereocenters. The number of nitrogens with one attached hydrogen (secondary N) is 2. The second-order valence-electron chi connectivity index (χ2n) is 4.71. The van der Waals surface area contributed by atoms with Gasteiger partial charge in [-0.1, -0.05) is 0 Å². The number of rotatable bonds is 5. The highest BCUT2D eigenvalue weighted by atomic mass is 32.1. The number of thiophene rings is 1. The number of carbonyl (C=O) groups is 1. The molecule has 0 saturated carbocycles. The molecule has 0 atom stereocenters. The monoisotopic (exact) mass is 316 g/mol. The van der Waals surface area contributed by atoms with Gasteiger partial charge in [-0.3, -0.25) is 9.89 Å². The fourth-order valence-corrected chi connectivity index (χ4v) is 2.74. The first-order valence-electron chi connectivity index (χ1n) is 6.68. The molecule has 2 N–H and O–H groups in total. The highest BCUT2D eigenvalue weighted by molar-refractivity contribution is 7.07. The molecule has 112 valence electrons. The van der Waals surface area contributed by atoms with Gasteiger partial charge < -0.3 is 5.32 Å². The summed E-state index contributed by atoms with van der Waals surface area (Å²) in [5.74, 6) is -0.207. The average Bonchev–Trinajstić information content (AvgIpc) is 3.20. The van der Waals surface area contributed by atoms with Crippen molar-refractivity contribution in [1.29, 1.82) is 0 Å². The van der Waals surface area contributed by atoms with Crippen molar-refractivity contribution in [3.63, 3.8) is 0 Å². The molecule has 5 nitrogen and oxygen atoms in total. The highest BCUT2D eigenvalue weighted by Crippen LogP contribution is 2.23. The molecular formula is C15H13FN4OS. The topological polar surface area (TPSA) is 70.7 Å². The van der Waals surface area contributed by atoms with Crippen molar-refractivity contribution < 1.29 is 9.18 Å². The second-order valence-corrected chi connectivity index (χ2v) is 5.49. The van der Waals surface area contributed by atoms with E-state index in [4.69, 9.17) is 0 Å². The summed E-state index contributed by atoms with van der Waals surface area (Å²) in [5, 5.41) is 13.1. The van der Waals surface area contributed by atoms with Gasteiger partial charge in [0.2, 0.25) is 5.91 Å². The number of carbonyl (C=O) groups excluding carboxylic acids is 1. The van der Waals surface area contributed by atoms with Gasteiger partial charge in [0.1, 0.15) is 12.1 Å². The summed E-state index contributed by atoms with van der Waals surface area (Å²) in [5.41, 5.74) is 1.94. The number of amides is 1. The fourth-order valence-electron chi connectivity index (χ4n) is 2.04. The predicted molar refractivity (Wildman–Crippen MR) is 83.0 cm³/mol. The molecular weight excluding hydrogens is 303 g/mol. The second kappa shape index (κ2) is 6.48. The maximum atomic E-state index is 13.8. The first-order valence-corrected chi connectivity index (χ1v) is 7.63. The van der Waals surface area contributed by atoms with Crippen LogP contribution in [0.1, 0.15) is 12.0 Å². The van der Waals surface area contributed by atoms with Crippen LogP contribution in [0.3, 0.4) is 0 Å². The van der Waals surface area contributed by atoms with Crippen molar-refractivity contribution in [3.05, 3.63) is 52.7 Å². The van der Waals surface area contributed by atoms with Crippen molar-refractivity contribution >= 4 is 22.9 Å².